The summed E-state index contributed by atoms with van der Waals surface area (Å²) in [6.07, 6.45) is 4.22. The molecule has 2 aromatic rings. The monoisotopic (exact) mass is 388 g/mol. The third kappa shape index (κ3) is 5.06. The van der Waals surface area contributed by atoms with E-state index in [1.807, 2.05) is 0 Å². The van der Waals surface area contributed by atoms with Crippen molar-refractivity contribution in [1.82, 2.24) is 4.90 Å². The summed E-state index contributed by atoms with van der Waals surface area (Å²) in [5.74, 6) is -2.44. The van der Waals surface area contributed by atoms with E-state index in [1.165, 1.54) is 6.07 Å². The molecule has 0 aliphatic carbocycles. The van der Waals surface area contributed by atoms with Crippen LogP contribution in [0.5, 0.6) is 5.75 Å². The van der Waals surface area contributed by atoms with E-state index in [2.05, 4.69) is 5.32 Å². The van der Waals surface area contributed by atoms with Crippen molar-refractivity contribution in [2.24, 2.45) is 0 Å². The predicted octanol–water partition coefficient (Wildman–Crippen LogP) is 4.00. The summed E-state index contributed by atoms with van der Waals surface area (Å²) < 4.78 is 32.0. The maximum absolute atomic E-state index is 13.3. The number of ether oxygens (including phenoxy) is 1. The molecule has 2 aromatic carbocycles. The minimum atomic E-state index is -1.05. The summed E-state index contributed by atoms with van der Waals surface area (Å²) in [5, 5.41) is 2.50. The first kappa shape index (κ1) is 19.8. The number of nitrogens with one attached hydrogen (secondary N) is 1. The second-order valence-corrected chi connectivity index (χ2v) is 6.66. The second kappa shape index (κ2) is 9.30. The molecule has 3 rings (SSSR count). The van der Waals surface area contributed by atoms with Crippen LogP contribution in [0.1, 0.15) is 36.0 Å². The summed E-state index contributed by atoms with van der Waals surface area (Å²) in [6, 6.07) is 9.59. The third-order valence-electron chi connectivity index (χ3n) is 4.62. The number of benzene rings is 2. The van der Waals surface area contributed by atoms with Crippen LogP contribution in [-0.4, -0.2) is 36.4 Å². The summed E-state index contributed by atoms with van der Waals surface area (Å²) in [4.78, 5) is 26.7. The van der Waals surface area contributed by atoms with Crippen molar-refractivity contribution >= 4 is 17.5 Å². The smallest absolute Gasteiger partial charge is 0.260 e. The lowest BCUT2D eigenvalue weighted by atomic mass is 10.2. The van der Waals surface area contributed by atoms with Crippen LogP contribution in [0.25, 0.3) is 0 Å². The average Bonchev–Trinajstić information content (AvgIpc) is 2.99. The Kier molecular flexibility index (Phi) is 6.57. The molecule has 0 atom stereocenters. The minimum Gasteiger partial charge on any atom is -0.483 e. The first-order chi connectivity index (χ1) is 13.5. The van der Waals surface area contributed by atoms with Crippen LogP contribution in [0.3, 0.4) is 0 Å². The molecule has 0 spiro atoms. The van der Waals surface area contributed by atoms with Gasteiger partial charge in [-0.25, -0.2) is 8.78 Å². The number of amides is 2. The highest BCUT2D eigenvalue weighted by Crippen LogP contribution is 2.21. The van der Waals surface area contributed by atoms with Crippen LogP contribution >= 0.6 is 0 Å². The molecule has 0 radical (unpaired) electrons. The first-order valence-electron chi connectivity index (χ1n) is 9.30. The van der Waals surface area contributed by atoms with Crippen LogP contribution in [0, 0.1) is 11.6 Å². The van der Waals surface area contributed by atoms with Crippen molar-refractivity contribution < 1.29 is 23.1 Å². The zero-order valence-corrected chi connectivity index (χ0v) is 15.4. The Morgan fingerprint density at radius 3 is 2.39 bits per heavy atom. The van der Waals surface area contributed by atoms with Crippen molar-refractivity contribution in [3.63, 3.8) is 0 Å². The second-order valence-electron chi connectivity index (χ2n) is 6.66. The number of hydrogen-bond acceptors (Lipinski definition) is 3. The quantitative estimate of drug-likeness (QED) is 0.842. The first-order valence-corrected chi connectivity index (χ1v) is 9.30. The summed E-state index contributed by atoms with van der Waals surface area (Å²) in [6.45, 7) is 1.29. The van der Waals surface area contributed by atoms with E-state index in [0.29, 0.717) is 0 Å². The topological polar surface area (TPSA) is 58.6 Å². The molecule has 1 saturated heterocycles. The molecular formula is C21H22F2N2O3. The highest BCUT2D eigenvalue weighted by Gasteiger charge is 2.18. The Bertz CT molecular complexity index is 849. The van der Waals surface area contributed by atoms with Gasteiger partial charge in [-0.2, -0.15) is 0 Å². The van der Waals surface area contributed by atoms with Gasteiger partial charge in [-0.05, 0) is 37.1 Å². The lowest BCUT2D eigenvalue weighted by Gasteiger charge is -2.20. The molecule has 7 heteroatoms. The van der Waals surface area contributed by atoms with E-state index in [-0.39, 0.29) is 29.5 Å². The van der Waals surface area contributed by atoms with Crippen molar-refractivity contribution in [3.05, 3.63) is 59.7 Å². The lowest BCUT2D eigenvalue weighted by molar-refractivity contribution is -0.133. The number of carbonyl (C=O) groups excluding carboxylic acids is 2. The maximum Gasteiger partial charge on any atom is 0.260 e. The van der Waals surface area contributed by atoms with Crippen LogP contribution in [0.2, 0.25) is 0 Å². The van der Waals surface area contributed by atoms with E-state index in [4.69, 9.17) is 4.74 Å². The summed E-state index contributed by atoms with van der Waals surface area (Å²) in [7, 11) is 0. The average molecular weight is 388 g/mol. The van der Waals surface area contributed by atoms with Crippen molar-refractivity contribution in [2.75, 3.05) is 25.0 Å². The fourth-order valence-corrected chi connectivity index (χ4v) is 3.10. The largest absolute Gasteiger partial charge is 0.483 e. The molecule has 2 amide bonds. The zero-order chi connectivity index (χ0) is 19.9. The van der Waals surface area contributed by atoms with Crippen LogP contribution < -0.4 is 10.1 Å². The number of likely N-dealkylation sites (tertiary alicyclic amines) is 1. The van der Waals surface area contributed by atoms with Gasteiger partial charge in [0.2, 0.25) is 0 Å². The van der Waals surface area contributed by atoms with Gasteiger partial charge < -0.3 is 15.0 Å². The van der Waals surface area contributed by atoms with Gasteiger partial charge in [0.1, 0.15) is 5.75 Å². The van der Waals surface area contributed by atoms with Crippen LogP contribution in [-0.2, 0) is 4.79 Å². The number of carbonyl (C=O) groups is 2. The molecule has 148 valence electrons. The highest BCUT2D eigenvalue weighted by molar-refractivity contribution is 6.06. The fourth-order valence-electron chi connectivity index (χ4n) is 3.10. The van der Waals surface area contributed by atoms with Crippen LogP contribution in [0.15, 0.2) is 42.5 Å². The molecule has 1 fully saturated rings. The number of anilines is 1. The van der Waals surface area contributed by atoms with Gasteiger partial charge in [-0.15, -0.1) is 0 Å². The molecule has 1 aliphatic rings. The summed E-state index contributed by atoms with van der Waals surface area (Å²) >= 11 is 0. The Morgan fingerprint density at radius 1 is 0.964 bits per heavy atom. The van der Waals surface area contributed by atoms with Gasteiger partial charge >= 0.3 is 0 Å². The van der Waals surface area contributed by atoms with Crippen molar-refractivity contribution in [2.45, 2.75) is 25.7 Å². The van der Waals surface area contributed by atoms with Gasteiger partial charge in [0.25, 0.3) is 11.8 Å². The standard InChI is InChI=1S/C21H22F2N2O3/c22-17-10-9-15(13-18(17)23)24-21(27)16-7-3-4-8-19(16)28-14-20(26)25-11-5-1-2-6-12-25/h3-4,7-10,13H,1-2,5-6,11-12,14H2,(H,24,27). The maximum atomic E-state index is 13.3. The van der Waals surface area contributed by atoms with Gasteiger partial charge in [0, 0.05) is 24.8 Å². The molecule has 1 heterocycles. The van der Waals surface area contributed by atoms with E-state index < -0.39 is 17.5 Å². The predicted molar refractivity (Wildman–Crippen MR) is 101 cm³/mol. The lowest BCUT2D eigenvalue weighted by Crippen LogP contribution is -2.35. The van der Waals surface area contributed by atoms with Crippen LogP contribution in [0.4, 0.5) is 14.5 Å². The highest BCUT2D eigenvalue weighted by atomic mass is 19.2. The Morgan fingerprint density at radius 2 is 1.68 bits per heavy atom. The summed E-state index contributed by atoms with van der Waals surface area (Å²) in [5.41, 5.74) is 0.329. The number of para-hydroxylation sites is 1. The van der Waals surface area contributed by atoms with Crippen molar-refractivity contribution in [1.29, 1.82) is 0 Å². The number of rotatable bonds is 5. The molecule has 28 heavy (non-hydrogen) atoms. The molecule has 0 bridgehead atoms. The van der Waals surface area contributed by atoms with E-state index in [9.17, 15) is 18.4 Å². The van der Waals surface area contributed by atoms with E-state index >= 15 is 0 Å². The zero-order valence-electron chi connectivity index (χ0n) is 15.4. The molecule has 5 nitrogen and oxygen atoms in total. The fraction of sp³-hybridized carbons (Fsp3) is 0.333. The Balaban J connectivity index is 1.65. The number of halogens is 2. The van der Waals surface area contributed by atoms with E-state index in [0.717, 1.165) is 50.9 Å². The minimum absolute atomic E-state index is 0.113. The normalized spacial score (nSPS) is 14.3. The molecule has 1 aliphatic heterocycles. The molecule has 0 saturated carbocycles. The number of nitrogens with zero attached hydrogens (tertiary/aromatic N) is 1. The van der Waals surface area contributed by atoms with Crippen molar-refractivity contribution in [3.8, 4) is 5.75 Å². The Hall–Kier alpha value is -2.96. The number of hydrogen-bond donors (Lipinski definition) is 1. The SMILES string of the molecule is O=C(Nc1ccc(F)c(F)c1)c1ccccc1OCC(=O)N1CCCCCC1. The molecular weight excluding hydrogens is 366 g/mol. The van der Waals surface area contributed by atoms with Gasteiger partial charge in [0.05, 0.1) is 5.56 Å². The Labute approximate surface area is 162 Å². The molecule has 0 aromatic heterocycles. The third-order valence-corrected chi connectivity index (χ3v) is 4.62. The molecule has 0 unspecified atom stereocenters. The van der Waals surface area contributed by atoms with Gasteiger partial charge in [0.15, 0.2) is 18.2 Å². The molecule has 1 N–H and O–H groups in total. The van der Waals surface area contributed by atoms with Gasteiger partial charge in [-0.1, -0.05) is 25.0 Å². The van der Waals surface area contributed by atoms with Gasteiger partial charge in [-0.3, -0.25) is 9.59 Å². The van der Waals surface area contributed by atoms with E-state index in [1.54, 1.807) is 29.2 Å².